The van der Waals surface area contributed by atoms with E-state index in [0.29, 0.717) is 19.8 Å². The van der Waals surface area contributed by atoms with Crippen LogP contribution in [0.1, 0.15) is 17.5 Å². The average Bonchev–Trinajstić information content (AvgIpc) is 3.04. The molecule has 4 heteroatoms. The van der Waals surface area contributed by atoms with E-state index in [9.17, 15) is 0 Å². The molecule has 0 amide bonds. The van der Waals surface area contributed by atoms with Crippen LogP contribution in [0.5, 0.6) is 0 Å². The third kappa shape index (κ3) is 4.89. The van der Waals surface area contributed by atoms with Gasteiger partial charge in [-0.25, -0.2) is 0 Å². The second-order valence-electron chi connectivity index (χ2n) is 5.91. The Morgan fingerprint density at radius 3 is 2.17 bits per heavy atom. The van der Waals surface area contributed by atoms with E-state index in [2.05, 4.69) is 24.3 Å². The summed E-state index contributed by atoms with van der Waals surface area (Å²) in [4.78, 5) is 0. The van der Waals surface area contributed by atoms with E-state index in [1.165, 1.54) is 0 Å². The van der Waals surface area contributed by atoms with Crippen LogP contribution in [-0.4, -0.2) is 32.2 Å². The van der Waals surface area contributed by atoms with Gasteiger partial charge >= 0.3 is 0 Å². The highest BCUT2D eigenvalue weighted by Crippen LogP contribution is 2.25. The smallest absolute Gasteiger partial charge is 0.160 e. The van der Waals surface area contributed by atoms with Crippen molar-refractivity contribution in [3.8, 4) is 0 Å². The van der Waals surface area contributed by atoms with Crippen molar-refractivity contribution in [2.75, 3.05) is 13.7 Å². The van der Waals surface area contributed by atoms with Crippen LogP contribution in [0.4, 0.5) is 0 Å². The minimum Gasteiger partial charge on any atom is -0.374 e. The second kappa shape index (κ2) is 8.94. The lowest BCUT2D eigenvalue weighted by Gasteiger charge is -2.19. The van der Waals surface area contributed by atoms with Gasteiger partial charge in [0, 0.05) is 13.5 Å². The number of benzene rings is 2. The normalized spacial score (nSPS) is 23.5. The van der Waals surface area contributed by atoms with E-state index in [1.54, 1.807) is 7.11 Å². The summed E-state index contributed by atoms with van der Waals surface area (Å²) in [7, 11) is 1.66. The number of hydrogen-bond acceptors (Lipinski definition) is 4. The summed E-state index contributed by atoms with van der Waals surface area (Å²) >= 11 is 0. The Kier molecular flexibility index (Phi) is 6.38. The lowest BCUT2D eigenvalue weighted by atomic mass is 10.2. The number of hydrogen-bond donors (Lipinski definition) is 0. The fourth-order valence-corrected chi connectivity index (χ4v) is 2.80. The Hall–Kier alpha value is -1.72. The molecule has 0 aromatic heterocycles. The van der Waals surface area contributed by atoms with E-state index in [0.717, 1.165) is 17.5 Å². The molecule has 3 rings (SSSR count). The maximum atomic E-state index is 6.05. The van der Waals surface area contributed by atoms with Crippen molar-refractivity contribution in [1.29, 1.82) is 0 Å². The molecule has 0 spiro atoms. The number of rotatable bonds is 8. The van der Waals surface area contributed by atoms with Crippen molar-refractivity contribution in [1.82, 2.24) is 0 Å². The van der Waals surface area contributed by atoms with Crippen molar-refractivity contribution in [2.45, 2.75) is 38.1 Å². The number of ether oxygens (including phenoxy) is 4. The summed E-state index contributed by atoms with van der Waals surface area (Å²) in [5.41, 5.74) is 2.31. The van der Waals surface area contributed by atoms with Crippen LogP contribution in [-0.2, 0) is 32.2 Å². The van der Waals surface area contributed by atoms with Crippen LogP contribution in [0.25, 0.3) is 0 Å². The molecule has 0 N–H and O–H groups in total. The molecule has 1 aliphatic heterocycles. The molecule has 0 aliphatic carbocycles. The minimum absolute atomic E-state index is 0.0223. The molecule has 1 heterocycles. The third-order valence-corrected chi connectivity index (χ3v) is 4.13. The average molecular weight is 328 g/mol. The van der Waals surface area contributed by atoms with E-state index in [-0.39, 0.29) is 18.5 Å². The van der Waals surface area contributed by atoms with Gasteiger partial charge in [-0.3, -0.25) is 0 Å². The molecule has 4 nitrogen and oxygen atoms in total. The second-order valence-corrected chi connectivity index (χ2v) is 5.91. The Morgan fingerprint density at radius 2 is 1.54 bits per heavy atom. The molecule has 3 atom stereocenters. The highest BCUT2D eigenvalue weighted by molar-refractivity contribution is 5.14. The Morgan fingerprint density at radius 1 is 0.917 bits per heavy atom. The molecule has 1 fully saturated rings. The topological polar surface area (TPSA) is 36.9 Å². The van der Waals surface area contributed by atoms with Crippen molar-refractivity contribution < 1.29 is 18.9 Å². The van der Waals surface area contributed by atoms with Crippen molar-refractivity contribution in [3.05, 3.63) is 71.8 Å². The molecule has 24 heavy (non-hydrogen) atoms. The first kappa shape index (κ1) is 17.1. The number of methoxy groups -OCH3 is 1. The quantitative estimate of drug-likeness (QED) is 0.742. The van der Waals surface area contributed by atoms with Gasteiger partial charge in [-0.05, 0) is 11.1 Å². The molecule has 0 saturated carbocycles. The lowest BCUT2D eigenvalue weighted by molar-refractivity contribution is -0.137. The van der Waals surface area contributed by atoms with Gasteiger partial charge in [0.15, 0.2) is 6.29 Å². The van der Waals surface area contributed by atoms with E-state index in [1.807, 2.05) is 36.4 Å². The molecular weight excluding hydrogens is 304 g/mol. The van der Waals surface area contributed by atoms with E-state index < -0.39 is 0 Å². The summed E-state index contributed by atoms with van der Waals surface area (Å²) < 4.78 is 23.1. The first-order valence-corrected chi connectivity index (χ1v) is 8.30. The highest BCUT2D eigenvalue weighted by Gasteiger charge is 2.36. The maximum Gasteiger partial charge on any atom is 0.160 e. The molecule has 128 valence electrons. The first-order chi connectivity index (χ1) is 11.8. The summed E-state index contributed by atoms with van der Waals surface area (Å²) in [5.74, 6) is 0. The summed E-state index contributed by atoms with van der Waals surface area (Å²) in [5, 5.41) is 0. The summed E-state index contributed by atoms with van der Waals surface area (Å²) in [6.45, 7) is 1.64. The van der Waals surface area contributed by atoms with Gasteiger partial charge < -0.3 is 18.9 Å². The van der Waals surface area contributed by atoms with Gasteiger partial charge in [-0.15, -0.1) is 0 Å². The van der Waals surface area contributed by atoms with Crippen LogP contribution in [0.15, 0.2) is 60.7 Å². The van der Waals surface area contributed by atoms with Gasteiger partial charge in [-0.1, -0.05) is 60.7 Å². The highest BCUT2D eigenvalue weighted by atomic mass is 16.7. The van der Waals surface area contributed by atoms with Crippen LogP contribution in [0, 0.1) is 0 Å². The molecule has 2 aromatic rings. The first-order valence-electron chi connectivity index (χ1n) is 8.30. The van der Waals surface area contributed by atoms with Gasteiger partial charge in [0.1, 0.15) is 6.10 Å². The Bertz CT molecular complexity index is 587. The lowest BCUT2D eigenvalue weighted by Crippen LogP contribution is -2.29. The van der Waals surface area contributed by atoms with E-state index in [4.69, 9.17) is 18.9 Å². The maximum absolute atomic E-state index is 6.05. The molecule has 0 unspecified atom stereocenters. The van der Waals surface area contributed by atoms with Crippen LogP contribution in [0.2, 0.25) is 0 Å². The van der Waals surface area contributed by atoms with E-state index >= 15 is 0 Å². The molecule has 0 bridgehead atoms. The zero-order valence-electron chi connectivity index (χ0n) is 14.0. The van der Waals surface area contributed by atoms with Crippen LogP contribution >= 0.6 is 0 Å². The fraction of sp³-hybridized carbons (Fsp3) is 0.400. The zero-order chi connectivity index (χ0) is 16.6. The van der Waals surface area contributed by atoms with Gasteiger partial charge in [0.2, 0.25) is 0 Å². The van der Waals surface area contributed by atoms with Crippen molar-refractivity contribution in [3.63, 3.8) is 0 Å². The van der Waals surface area contributed by atoms with Gasteiger partial charge in [-0.2, -0.15) is 0 Å². The largest absolute Gasteiger partial charge is 0.374 e. The summed E-state index contributed by atoms with van der Waals surface area (Å²) in [6, 6.07) is 20.3. The van der Waals surface area contributed by atoms with Gasteiger partial charge in [0.25, 0.3) is 0 Å². The minimum atomic E-state index is -0.226. The predicted molar refractivity (Wildman–Crippen MR) is 91.4 cm³/mol. The Balaban J connectivity index is 1.49. The molecule has 2 aromatic carbocycles. The third-order valence-electron chi connectivity index (χ3n) is 4.13. The van der Waals surface area contributed by atoms with Crippen molar-refractivity contribution in [2.24, 2.45) is 0 Å². The Labute approximate surface area is 143 Å². The van der Waals surface area contributed by atoms with Crippen molar-refractivity contribution >= 4 is 0 Å². The molecule has 0 radical (unpaired) electrons. The zero-order valence-corrected chi connectivity index (χ0v) is 14.0. The molecule has 1 saturated heterocycles. The van der Waals surface area contributed by atoms with Crippen LogP contribution in [0.3, 0.4) is 0 Å². The standard InChI is InChI=1S/C20H24O4/c1-21-20-12-18(23-14-17-10-6-3-7-11-17)19(24-20)15-22-13-16-8-4-2-5-9-16/h2-11,18-20H,12-15H2,1H3/t18-,19+,20+/m1/s1. The predicted octanol–water partition coefficient (Wildman–Crippen LogP) is 3.55. The fourth-order valence-electron chi connectivity index (χ4n) is 2.80. The van der Waals surface area contributed by atoms with Gasteiger partial charge in [0.05, 0.1) is 25.9 Å². The monoisotopic (exact) mass is 328 g/mol. The molecule has 1 aliphatic rings. The molecular formula is C20H24O4. The van der Waals surface area contributed by atoms with Crippen LogP contribution < -0.4 is 0 Å². The SMILES string of the molecule is CO[C@@H]1C[C@@H](OCc2ccccc2)[C@H](COCc2ccccc2)O1. The summed E-state index contributed by atoms with van der Waals surface area (Å²) in [6.07, 6.45) is 0.368.